The van der Waals surface area contributed by atoms with Crippen molar-refractivity contribution in [1.82, 2.24) is 0 Å². The third-order valence-electron chi connectivity index (χ3n) is 16.7. The van der Waals surface area contributed by atoms with Crippen molar-refractivity contribution in [1.29, 1.82) is 0 Å². The van der Waals surface area contributed by atoms with Crippen LogP contribution in [0.2, 0.25) is 0 Å². The van der Waals surface area contributed by atoms with E-state index in [0.717, 1.165) is 96.3 Å². The molecule has 0 aromatic heterocycles. The SMILES string of the molecule is CC/C=C\C/C=C\C/C=C\CCCCCCCC(=O)OCC(COC(=O)CCCCCCCCCCCCCCCCCCCCCCCCCCCCCCCCC)OC(=O)CCCCCCCCCCCCCCCCCCC. The van der Waals surface area contributed by atoms with E-state index in [1.54, 1.807) is 0 Å². The molecule has 0 fully saturated rings. The summed E-state index contributed by atoms with van der Waals surface area (Å²) in [5.74, 6) is -0.859. The van der Waals surface area contributed by atoms with Gasteiger partial charge in [-0.15, -0.1) is 0 Å². The fourth-order valence-corrected chi connectivity index (χ4v) is 11.2. The Hall–Kier alpha value is -2.37. The molecule has 0 aromatic carbocycles. The molecule has 0 radical (unpaired) electrons. The van der Waals surface area contributed by atoms with Gasteiger partial charge in [-0.25, -0.2) is 0 Å². The molecule has 0 saturated carbocycles. The molecular weight excluding hydrogens is 997 g/mol. The van der Waals surface area contributed by atoms with E-state index in [0.29, 0.717) is 19.3 Å². The fourth-order valence-electron chi connectivity index (χ4n) is 11.2. The van der Waals surface area contributed by atoms with Crippen molar-refractivity contribution >= 4 is 17.9 Å². The van der Waals surface area contributed by atoms with Crippen molar-refractivity contribution in [2.75, 3.05) is 13.2 Å². The van der Waals surface area contributed by atoms with E-state index in [-0.39, 0.29) is 31.1 Å². The summed E-state index contributed by atoms with van der Waals surface area (Å²) in [5.41, 5.74) is 0. The first kappa shape index (κ1) is 78.6. The lowest BCUT2D eigenvalue weighted by Gasteiger charge is -2.18. The average Bonchev–Trinajstić information content (AvgIpc) is 3.47. The van der Waals surface area contributed by atoms with Crippen molar-refractivity contribution in [3.8, 4) is 0 Å². The maximum absolute atomic E-state index is 12.9. The molecule has 0 rings (SSSR count). The van der Waals surface area contributed by atoms with E-state index in [1.807, 2.05) is 0 Å². The standard InChI is InChI=1S/C75H140O6/c1-4-7-10-13-16-19-22-25-28-30-31-32-33-34-35-36-37-38-39-40-41-42-43-45-47-50-53-56-59-62-65-68-74(77)80-71-72(70-79-73(76)67-64-61-58-55-52-49-46-27-24-21-18-15-12-9-6-3)81-75(78)69-66-63-60-57-54-51-48-44-29-26-23-20-17-14-11-8-5-2/h9,12,18,21,27,46,72H,4-8,10-11,13-17,19-20,22-26,28-45,47-71H2,1-3H3/b12-9-,21-18-,46-27-. The minimum atomic E-state index is -0.777. The van der Waals surface area contributed by atoms with Crippen LogP contribution in [0.1, 0.15) is 406 Å². The average molecular weight is 1140 g/mol. The lowest BCUT2D eigenvalue weighted by Crippen LogP contribution is -2.30. The summed E-state index contributed by atoms with van der Waals surface area (Å²) < 4.78 is 17.0. The number of rotatable bonds is 68. The van der Waals surface area contributed by atoms with Gasteiger partial charge in [0, 0.05) is 19.3 Å². The minimum absolute atomic E-state index is 0.0719. The maximum Gasteiger partial charge on any atom is 0.306 e. The number of carbonyl (C=O) groups is 3. The van der Waals surface area contributed by atoms with Crippen LogP contribution in [0.5, 0.6) is 0 Å². The molecule has 0 saturated heterocycles. The monoisotopic (exact) mass is 1140 g/mol. The van der Waals surface area contributed by atoms with Crippen LogP contribution in [-0.2, 0) is 28.6 Å². The zero-order valence-corrected chi connectivity index (χ0v) is 54.8. The molecule has 0 aliphatic heterocycles. The Labute approximate surface area is 506 Å². The highest BCUT2D eigenvalue weighted by Crippen LogP contribution is 2.19. The van der Waals surface area contributed by atoms with Crippen LogP contribution in [0.25, 0.3) is 0 Å². The van der Waals surface area contributed by atoms with Gasteiger partial charge in [0.25, 0.3) is 0 Å². The predicted molar refractivity (Wildman–Crippen MR) is 353 cm³/mol. The number of unbranched alkanes of at least 4 members (excludes halogenated alkanes) is 51. The summed E-state index contributed by atoms with van der Waals surface area (Å²) in [6, 6.07) is 0. The smallest absolute Gasteiger partial charge is 0.306 e. The van der Waals surface area contributed by atoms with Crippen LogP contribution in [0.4, 0.5) is 0 Å². The highest BCUT2D eigenvalue weighted by atomic mass is 16.6. The molecule has 0 aliphatic rings. The second-order valence-corrected chi connectivity index (χ2v) is 24.8. The summed E-state index contributed by atoms with van der Waals surface area (Å²) in [4.78, 5) is 38.4. The summed E-state index contributed by atoms with van der Waals surface area (Å²) in [5, 5.41) is 0. The molecule has 6 heteroatoms. The van der Waals surface area contributed by atoms with Crippen LogP contribution in [0.3, 0.4) is 0 Å². The van der Waals surface area contributed by atoms with Gasteiger partial charge in [-0.05, 0) is 51.4 Å². The predicted octanol–water partition coefficient (Wildman–Crippen LogP) is 25.1. The Bertz CT molecular complexity index is 1350. The van der Waals surface area contributed by atoms with E-state index in [4.69, 9.17) is 14.2 Å². The molecule has 6 nitrogen and oxygen atoms in total. The van der Waals surface area contributed by atoms with Gasteiger partial charge in [-0.2, -0.15) is 0 Å². The second kappa shape index (κ2) is 70.1. The Morgan fingerprint density at radius 3 is 0.753 bits per heavy atom. The van der Waals surface area contributed by atoms with Crippen molar-refractivity contribution in [2.24, 2.45) is 0 Å². The van der Waals surface area contributed by atoms with E-state index >= 15 is 0 Å². The molecule has 81 heavy (non-hydrogen) atoms. The number of hydrogen-bond acceptors (Lipinski definition) is 6. The number of ether oxygens (including phenoxy) is 3. The minimum Gasteiger partial charge on any atom is -0.462 e. The number of esters is 3. The summed E-state index contributed by atoms with van der Waals surface area (Å²) in [6.45, 7) is 6.60. The van der Waals surface area contributed by atoms with Crippen LogP contribution in [0, 0.1) is 0 Å². The second-order valence-electron chi connectivity index (χ2n) is 24.8. The Kier molecular flexibility index (Phi) is 68.1. The highest BCUT2D eigenvalue weighted by Gasteiger charge is 2.19. The molecule has 0 heterocycles. The van der Waals surface area contributed by atoms with Gasteiger partial charge in [-0.1, -0.05) is 372 Å². The van der Waals surface area contributed by atoms with Gasteiger partial charge in [0.05, 0.1) is 0 Å². The molecule has 1 atom stereocenters. The zero-order valence-electron chi connectivity index (χ0n) is 54.8. The van der Waals surface area contributed by atoms with Gasteiger partial charge in [-0.3, -0.25) is 14.4 Å². The molecule has 0 aromatic rings. The largest absolute Gasteiger partial charge is 0.462 e. The summed E-state index contributed by atoms with van der Waals surface area (Å²) >= 11 is 0. The molecule has 0 aliphatic carbocycles. The topological polar surface area (TPSA) is 78.9 Å². The zero-order chi connectivity index (χ0) is 58.5. The van der Waals surface area contributed by atoms with E-state index < -0.39 is 6.10 Å². The van der Waals surface area contributed by atoms with Crippen LogP contribution in [-0.4, -0.2) is 37.2 Å². The molecular formula is C75H140O6. The van der Waals surface area contributed by atoms with Crippen molar-refractivity contribution in [3.63, 3.8) is 0 Å². The van der Waals surface area contributed by atoms with E-state index in [2.05, 4.69) is 57.2 Å². The van der Waals surface area contributed by atoms with Gasteiger partial charge < -0.3 is 14.2 Å². The first-order valence-electron chi connectivity index (χ1n) is 36.5. The normalized spacial score (nSPS) is 12.2. The molecule has 0 bridgehead atoms. The van der Waals surface area contributed by atoms with Crippen LogP contribution < -0.4 is 0 Å². The lowest BCUT2D eigenvalue weighted by molar-refractivity contribution is -0.167. The molecule has 0 N–H and O–H groups in total. The number of carbonyl (C=O) groups excluding carboxylic acids is 3. The van der Waals surface area contributed by atoms with Crippen LogP contribution >= 0.6 is 0 Å². The third kappa shape index (κ3) is 68.3. The first-order valence-corrected chi connectivity index (χ1v) is 36.5. The molecule has 0 amide bonds. The Morgan fingerprint density at radius 2 is 0.481 bits per heavy atom. The summed E-state index contributed by atoms with van der Waals surface area (Å²) in [6.07, 6.45) is 87.7. The fraction of sp³-hybridized carbons (Fsp3) is 0.880. The van der Waals surface area contributed by atoms with E-state index in [1.165, 1.54) is 270 Å². The lowest BCUT2D eigenvalue weighted by atomic mass is 10.0. The Balaban J connectivity index is 4.15. The third-order valence-corrected chi connectivity index (χ3v) is 16.7. The number of allylic oxidation sites excluding steroid dienone is 6. The van der Waals surface area contributed by atoms with Gasteiger partial charge >= 0.3 is 17.9 Å². The summed E-state index contributed by atoms with van der Waals surface area (Å²) in [7, 11) is 0. The van der Waals surface area contributed by atoms with E-state index in [9.17, 15) is 14.4 Å². The van der Waals surface area contributed by atoms with Gasteiger partial charge in [0.1, 0.15) is 13.2 Å². The van der Waals surface area contributed by atoms with Crippen molar-refractivity contribution in [2.45, 2.75) is 412 Å². The van der Waals surface area contributed by atoms with Crippen molar-refractivity contribution < 1.29 is 28.6 Å². The molecule has 476 valence electrons. The van der Waals surface area contributed by atoms with Gasteiger partial charge in [0.2, 0.25) is 0 Å². The number of hydrogen-bond donors (Lipinski definition) is 0. The highest BCUT2D eigenvalue weighted by molar-refractivity contribution is 5.71. The first-order chi connectivity index (χ1) is 40.0. The Morgan fingerprint density at radius 1 is 0.259 bits per heavy atom. The van der Waals surface area contributed by atoms with Crippen molar-refractivity contribution in [3.05, 3.63) is 36.5 Å². The van der Waals surface area contributed by atoms with Crippen LogP contribution in [0.15, 0.2) is 36.5 Å². The molecule has 1 unspecified atom stereocenters. The maximum atomic E-state index is 12.9. The van der Waals surface area contributed by atoms with Gasteiger partial charge in [0.15, 0.2) is 6.10 Å². The quantitative estimate of drug-likeness (QED) is 0.0261. The molecule has 0 spiro atoms.